The molecule has 1 aliphatic carbocycles. The summed E-state index contributed by atoms with van der Waals surface area (Å²) in [7, 11) is 0. The molecule has 0 aliphatic heterocycles. The summed E-state index contributed by atoms with van der Waals surface area (Å²) in [6, 6.07) is 0. The van der Waals surface area contributed by atoms with Crippen LogP contribution in [-0.2, 0) is 0 Å². The standard InChI is InChI=1S/C9H12ClF3O/c1-8(2)5(6(8)4-14)3-7(10)9(11,12)13/h3,5-6,14H,4H2,1-2H3. The summed E-state index contributed by atoms with van der Waals surface area (Å²) >= 11 is 5.10. The zero-order valence-corrected chi connectivity index (χ0v) is 8.65. The van der Waals surface area contributed by atoms with E-state index in [1.165, 1.54) is 0 Å². The van der Waals surface area contributed by atoms with Crippen LogP contribution in [0.25, 0.3) is 0 Å². The van der Waals surface area contributed by atoms with Crippen molar-refractivity contribution in [3.05, 3.63) is 11.1 Å². The van der Waals surface area contributed by atoms with Gasteiger partial charge >= 0.3 is 6.18 Å². The molecule has 0 aromatic carbocycles. The van der Waals surface area contributed by atoms with Gasteiger partial charge in [-0.3, -0.25) is 0 Å². The first-order valence-electron chi connectivity index (χ1n) is 4.26. The molecule has 14 heavy (non-hydrogen) atoms. The lowest BCUT2D eigenvalue weighted by molar-refractivity contribution is -0.0848. The summed E-state index contributed by atoms with van der Waals surface area (Å²) in [5.41, 5.74) is -0.278. The van der Waals surface area contributed by atoms with E-state index in [1.54, 1.807) is 0 Å². The van der Waals surface area contributed by atoms with E-state index >= 15 is 0 Å². The molecule has 0 heterocycles. The molecule has 0 amide bonds. The van der Waals surface area contributed by atoms with Crippen LogP contribution in [0, 0.1) is 17.3 Å². The zero-order chi connectivity index (χ0) is 11.1. The van der Waals surface area contributed by atoms with Crippen LogP contribution < -0.4 is 0 Å². The first kappa shape index (κ1) is 11.9. The largest absolute Gasteiger partial charge is 0.426 e. The second-order valence-corrected chi connectivity index (χ2v) is 4.56. The highest BCUT2D eigenvalue weighted by molar-refractivity contribution is 6.30. The number of halogens is 4. The lowest BCUT2D eigenvalue weighted by atomic mass is 10.1. The Morgan fingerprint density at radius 1 is 1.50 bits per heavy atom. The zero-order valence-electron chi connectivity index (χ0n) is 7.90. The maximum Gasteiger partial charge on any atom is 0.426 e. The van der Waals surface area contributed by atoms with Crippen molar-refractivity contribution >= 4 is 11.6 Å². The van der Waals surface area contributed by atoms with E-state index in [2.05, 4.69) is 0 Å². The molecule has 1 rings (SSSR count). The van der Waals surface area contributed by atoms with Gasteiger partial charge in [-0.05, 0) is 17.3 Å². The summed E-state index contributed by atoms with van der Waals surface area (Å²) in [4.78, 5) is 0. The van der Waals surface area contributed by atoms with Crippen molar-refractivity contribution < 1.29 is 18.3 Å². The number of alkyl halides is 3. The van der Waals surface area contributed by atoms with E-state index in [-0.39, 0.29) is 23.9 Å². The third-order valence-electron chi connectivity index (χ3n) is 2.93. The minimum Gasteiger partial charge on any atom is -0.396 e. The highest BCUT2D eigenvalue weighted by atomic mass is 35.5. The molecule has 1 fully saturated rings. The van der Waals surface area contributed by atoms with Gasteiger partial charge < -0.3 is 5.11 Å². The van der Waals surface area contributed by atoms with E-state index < -0.39 is 11.2 Å². The monoisotopic (exact) mass is 228 g/mol. The fourth-order valence-electron chi connectivity index (χ4n) is 1.72. The lowest BCUT2D eigenvalue weighted by Gasteiger charge is -2.04. The Kier molecular flexibility index (Phi) is 2.89. The van der Waals surface area contributed by atoms with Crippen molar-refractivity contribution in [2.45, 2.75) is 20.0 Å². The molecule has 82 valence electrons. The normalized spacial score (nSPS) is 31.8. The molecule has 0 radical (unpaired) electrons. The molecule has 1 saturated carbocycles. The van der Waals surface area contributed by atoms with Crippen LogP contribution in [0.3, 0.4) is 0 Å². The lowest BCUT2D eigenvalue weighted by Crippen LogP contribution is -2.07. The molecule has 2 unspecified atom stereocenters. The first-order chi connectivity index (χ1) is 6.21. The van der Waals surface area contributed by atoms with E-state index in [1.807, 2.05) is 13.8 Å². The fourth-order valence-corrected chi connectivity index (χ4v) is 1.85. The molecular weight excluding hydrogens is 217 g/mol. The average molecular weight is 229 g/mol. The molecule has 0 bridgehead atoms. The molecule has 0 saturated heterocycles. The summed E-state index contributed by atoms with van der Waals surface area (Å²) in [5.74, 6) is -0.389. The minimum atomic E-state index is -4.47. The van der Waals surface area contributed by atoms with Gasteiger partial charge in [0.25, 0.3) is 0 Å². The first-order valence-corrected chi connectivity index (χ1v) is 4.64. The molecule has 0 aromatic rings. The number of rotatable bonds is 2. The molecule has 0 spiro atoms. The summed E-state index contributed by atoms with van der Waals surface area (Å²) in [5, 5.41) is 7.78. The SMILES string of the molecule is CC1(C)C(C=C(Cl)C(F)(F)F)C1CO. The predicted octanol–water partition coefficient (Wildman–Crippen LogP) is 2.94. The summed E-state index contributed by atoms with van der Waals surface area (Å²) < 4.78 is 36.2. The molecule has 1 N–H and O–H groups in total. The predicted molar refractivity (Wildman–Crippen MR) is 47.8 cm³/mol. The van der Waals surface area contributed by atoms with Gasteiger partial charge in [0.1, 0.15) is 5.03 Å². The number of allylic oxidation sites excluding steroid dienone is 2. The average Bonchev–Trinajstić information content (AvgIpc) is 2.51. The number of hydrogen-bond acceptors (Lipinski definition) is 1. The molecule has 2 atom stereocenters. The Morgan fingerprint density at radius 2 is 2.00 bits per heavy atom. The van der Waals surface area contributed by atoms with Gasteiger partial charge in [0.2, 0.25) is 0 Å². The second-order valence-electron chi connectivity index (χ2n) is 4.15. The van der Waals surface area contributed by atoms with Crippen molar-refractivity contribution in [1.82, 2.24) is 0 Å². The maximum absolute atomic E-state index is 12.1. The van der Waals surface area contributed by atoms with Gasteiger partial charge in [0, 0.05) is 6.61 Å². The number of aliphatic hydroxyl groups is 1. The highest BCUT2D eigenvalue weighted by Gasteiger charge is 2.56. The Labute approximate surface area is 85.6 Å². The van der Waals surface area contributed by atoms with Gasteiger partial charge in [-0.15, -0.1) is 0 Å². The maximum atomic E-state index is 12.1. The Hall–Kier alpha value is -0.220. The third-order valence-corrected chi connectivity index (χ3v) is 3.27. The van der Waals surface area contributed by atoms with Crippen molar-refractivity contribution in [1.29, 1.82) is 0 Å². The Balaban J connectivity index is 2.72. The fraction of sp³-hybridized carbons (Fsp3) is 0.778. The highest BCUT2D eigenvalue weighted by Crippen LogP contribution is 2.59. The van der Waals surface area contributed by atoms with Crippen molar-refractivity contribution in [3.63, 3.8) is 0 Å². The van der Waals surface area contributed by atoms with Crippen molar-refractivity contribution in [2.75, 3.05) is 6.61 Å². The van der Waals surface area contributed by atoms with E-state index in [9.17, 15) is 13.2 Å². The third kappa shape index (κ3) is 2.06. The molecule has 1 nitrogen and oxygen atoms in total. The van der Waals surface area contributed by atoms with Gasteiger partial charge in [-0.1, -0.05) is 31.5 Å². The smallest absolute Gasteiger partial charge is 0.396 e. The van der Waals surface area contributed by atoms with E-state index in [0.717, 1.165) is 6.08 Å². The molecule has 5 heteroatoms. The number of aliphatic hydroxyl groups excluding tert-OH is 1. The molecule has 0 aromatic heterocycles. The van der Waals surface area contributed by atoms with Gasteiger partial charge in [-0.25, -0.2) is 0 Å². The topological polar surface area (TPSA) is 20.2 Å². The van der Waals surface area contributed by atoms with Crippen molar-refractivity contribution in [3.8, 4) is 0 Å². The molecular formula is C9H12ClF3O. The van der Waals surface area contributed by atoms with E-state index in [4.69, 9.17) is 16.7 Å². The van der Waals surface area contributed by atoms with E-state index in [0.29, 0.717) is 0 Å². The molecule has 1 aliphatic rings. The van der Waals surface area contributed by atoms with Crippen LogP contribution in [-0.4, -0.2) is 17.9 Å². The van der Waals surface area contributed by atoms with Crippen LogP contribution in [0.15, 0.2) is 11.1 Å². The Morgan fingerprint density at radius 3 is 2.29 bits per heavy atom. The van der Waals surface area contributed by atoms with Gasteiger partial charge in [0.05, 0.1) is 0 Å². The van der Waals surface area contributed by atoms with Crippen LogP contribution in [0.1, 0.15) is 13.8 Å². The van der Waals surface area contributed by atoms with Gasteiger partial charge in [0.15, 0.2) is 0 Å². The quantitative estimate of drug-likeness (QED) is 0.771. The van der Waals surface area contributed by atoms with Crippen molar-refractivity contribution in [2.24, 2.45) is 17.3 Å². The summed E-state index contributed by atoms with van der Waals surface area (Å²) in [6.07, 6.45) is -3.47. The van der Waals surface area contributed by atoms with Gasteiger partial charge in [-0.2, -0.15) is 13.2 Å². The van der Waals surface area contributed by atoms with Crippen LogP contribution in [0.5, 0.6) is 0 Å². The van der Waals surface area contributed by atoms with Crippen LogP contribution >= 0.6 is 11.6 Å². The summed E-state index contributed by atoms with van der Waals surface area (Å²) in [6.45, 7) is 3.53. The Bertz CT molecular complexity index is 257. The number of hydrogen-bond donors (Lipinski definition) is 1. The van der Waals surface area contributed by atoms with Crippen LogP contribution in [0.4, 0.5) is 13.2 Å². The van der Waals surface area contributed by atoms with Crippen LogP contribution in [0.2, 0.25) is 0 Å². The minimum absolute atomic E-state index is 0.101. The second kappa shape index (κ2) is 3.42.